The van der Waals surface area contributed by atoms with Crippen LogP contribution >= 0.6 is 0 Å². The first kappa shape index (κ1) is 31.3. The molecule has 0 unspecified atom stereocenters. The number of pyridine rings is 1. The molecule has 11 heteroatoms. The van der Waals surface area contributed by atoms with Crippen LogP contribution in [0, 0.1) is 25.5 Å². The maximum absolute atomic E-state index is 13.9. The smallest absolute Gasteiger partial charge is 0.335 e. The lowest BCUT2D eigenvalue weighted by Gasteiger charge is -2.17. The SMILES string of the molecule is Cc1ccccc1CC(=O)c1cnn2c(C(=O)N[C@H]3CCc4c3ccc(C(=O)O)c4C)cc(C(=O)NCc3ccc(F)c(F)c3)cc12. The largest absolute Gasteiger partial charge is 0.478 e. The Labute approximate surface area is 268 Å². The zero-order chi connectivity index (χ0) is 33.4. The molecular formula is C36H30F2N4O5. The number of aromatic nitrogens is 2. The van der Waals surface area contributed by atoms with Gasteiger partial charge in [-0.1, -0.05) is 36.4 Å². The van der Waals surface area contributed by atoms with E-state index >= 15 is 0 Å². The summed E-state index contributed by atoms with van der Waals surface area (Å²) in [5, 5.41) is 19.6. The van der Waals surface area contributed by atoms with Crippen molar-refractivity contribution in [3.8, 4) is 0 Å². The van der Waals surface area contributed by atoms with E-state index in [9.17, 15) is 33.1 Å². The number of hydrogen-bond acceptors (Lipinski definition) is 5. The molecule has 1 aliphatic carbocycles. The molecule has 47 heavy (non-hydrogen) atoms. The summed E-state index contributed by atoms with van der Waals surface area (Å²) >= 11 is 0. The summed E-state index contributed by atoms with van der Waals surface area (Å²) in [6.07, 6.45) is 2.58. The number of amides is 2. The zero-order valence-electron chi connectivity index (χ0n) is 25.6. The predicted molar refractivity (Wildman–Crippen MR) is 169 cm³/mol. The van der Waals surface area contributed by atoms with Crippen LogP contribution in [0.1, 0.15) is 87.4 Å². The van der Waals surface area contributed by atoms with E-state index in [4.69, 9.17) is 0 Å². The van der Waals surface area contributed by atoms with Crippen LogP contribution in [0.5, 0.6) is 0 Å². The first-order valence-corrected chi connectivity index (χ1v) is 15.0. The number of nitrogens with one attached hydrogen (secondary N) is 2. The maximum Gasteiger partial charge on any atom is 0.335 e. The highest BCUT2D eigenvalue weighted by molar-refractivity contribution is 6.06. The third kappa shape index (κ3) is 6.11. The van der Waals surface area contributed by atoms with E-state index in [1.54, 1.807) is 13.0 Å². The summed E-state index contributed by atoms with van der Waals surface area (Å²) in [4.78, 5) is 52.4. The fourth-order valence-corrected chi connectivity index (χ4v) is 6.10. The van der Waals surface area contributed by atoms with Crippen LogP contribution in [-0.4, -0.2) is 38.3 Å². The molecule has 0 bridgehead atoms. The number of ketones is 1. The molecule has 2 aromatic heterocycles. The topological polar surface area (TPSA) is 130 Å². The molecule has 238 valence electrons. The Kier molecular flexibility index (Phi) is 8.38. The third-order valence-electron chi connectivity index (χ3n) is 8.69. The number of carboxylic acid groups (broad SMARTS) is 1. The number of rotatable bonds is 9. The Morgan fingerprint density at radius 3 is 2.47 bits per heavy atom. The molecule has 1 atom stereocenters. The number of carbonyl (C=O) groups is 4. The molecule has 6 rings (SSSR count). The van der Waals surface area contributed by atoms with Gasteiger partial charge in [-0.3, -0.25) is 14.4 Å². The molecule has 0 aliphatic heterocycles. The van der Waals surface area contributed by atoms with Crippen LogP contribution in [0.2, 0.25) is 0 Å². The number of aryl methyl sites for hydroxylation is 1. The second kappa shape index (κ2) is 12.6. The number of nitrogens with zero attached hydrogens (tertiary/aromatic N) is 2. The van der Waals surface area contributed by atoms with E-state index in [2.05, 4.69) is 15.7 Å². The van der Waals surface area contributed by atoms with Crippen molar-refractivity contribution in [2.45, 2.75) is 45.7 Å². The quantitative estimate of drug-likeness (QED) is 0.178. The van der Waals surface area contributed by atoms with Gasteiger partial charge >= 0.3 is 5.97 Å². The van der Waals surface area contributed by atoms with Gasteiger partial charge in [0.1, 0.15) is 5.69 Å². The van der Waals surface area contributed by atoms with Crippen molar-refractivity contribution in [2.75, 3.05) is 0 Å². The van der Waals surface area contributed by atoms with E-state index in [0.717, 1.165) is 34.4 Å². The highest BCUT2D eigenvalue weighted by atomic mass is 19.2. The molecule has 0 saturated carbocycles. The summed E-state index contributed by atoms with van der Waals surface area (Å²) in [7, 11) is 0. The first-order valence-electron chi connectivity index (χ1n) is 15.0. The van der Waals surface area contributed by atoms with Crippen molar-refractivity contribution in [1.82, 2.24) is 20.2 Å². The average molecular weight is 637 g/mol. The van der Waals surface area contributed by atoms with Crippen molar-refractivity contribution in [2.24, 2.45) is 0 Å². The number of benzene rings is 3. The minimum atomic E-state index is -1.05. The minimum Gasteiger partial charge on any atom is -0.478 e. The lowest BCUT2D eigenvalue weighted by molar-refractivity contribution is 0.0695. The van der Waals surface area contributed by atoms with Gasteiger partial charge in [-0.25, -0.2) is 18.1 Å². The van der Waals surface area contributed by atoms with Crippen molar-refractivity contribution in [3.05, 3.63) is 140 Å². The van der Waals surface area contributed by atoms with Crippen LogP contribution in [0.25, 0.3) is 5.52 Å². The monoisotopic (exact) mass is 636 g/mol. The molecule has 0 radical (unpaired) electrons. The van der Waals surface area contributed by atoms with Gasteiger partial charge in [-0.15, -0.1) is 0 Å². The fraction of sp³-hybridized carbons (Fsp3) is 0.194. The fourth-order valence-electron chi connectivity index (χ4n) is 6.10. The van der Waals surface area contributed by atoms with E-state index in [1.165, 1.54) is 35.0 Å². The van der Waals surface area contributed by atoms with E-state index < -0.39 is 35.5 Å². The standard InChI is InChI=1S/C36H30F2N4O5/c1-19-5-3-4-6-22(19)16-33(43)27-18-40-42-31(27)14-23(34(44)39-17-21-7-11-28(37)29(38)13-21)15-32(42)35(45)41-30-12-10-24-20(2)25(36(46)47)8-9-26(24)30/h3-9,11,13-15,18,30H,10,12,16-17H2,1-2H3,(H,39,44)(H,41,45)(H,46,47)/t30-/m0/s1. The van der Waals surface area contributed by atoms with Gasteiger partial charge in [0.25, 0.3) is 11.8 Å². The predicted octanol–water partition coefficient (Wildman–Crippen LogP) is 5.70. The molecule has 0 saturated heterocycles. The lowest BCUT2D eigenvalue weighted by atomic mass is 9.98. The molecule has 5 aromatic rings. The summed E-state index contributed by atoms with van der Waals surface area (Å²) in [5.74, 6) is -4.49. The van der Waals surface area contributed by atoms with Crippen molar-refractivity contribution < 1.29 is 33.1 Å². The Hall–Kier alpha value is -5.71. The van der Waals surface area contributed by atoms with Crippen LogP contribution in [-0.2, 0) is 19.4 Å². The molecule has 9 nitrogen and oxygen atoms in total. The van der Waals surface area contributed by atoms with Gasteiger partial charge in [-0.2, -0.15) is 5.10 Å². The Morgan fingerprint density at radius 1 is 0.936 bits per heavy atom. The molecule has 3 N–H and O–H groups in total. The summed E-state index contributed by atoms with van der Waals surface area (Å²) in [5.41, 5.74) is 5.18. The van der Waals surface area contributed by atoms with Crippen LogP contribution in [0.15, 0.2) is 72.9 Å². The second-order valence-corrected chi connectivity index (χ2v) is 11.6. The van der Waals surface area contributed by atoms with Crippen LogP contribution < -0.4 is 10.6 Å². The number of carbonyl (C=O) groups excluding carboxylic acids is 3. The summed E-state index contributed by atoms with van der Waals surface area (Å²) in [6, 6.07) is 16.4. The van der Waals surface area contributed by atoms with E-state index in [-0.39, 0.29) is 46.6 Å². The molecule has 1 aliphatic rings. The Morgan fingerprint density at radius 2 is 1.72 bits per heavy atom. The van der Waals surface area contributed by atoms with E-state index in [1.807, 2.05) is 31.2 Å². The number of fused-ring (bicyclic) bond motifs is 2. The average Bonchev–Trinajstić information content (AvgIpc) is 3.67. The molecule has 2 heterocycles. The molecule has 0 spiro atoms. The van der Waals surface area contributed by atoms with Crippen molar-refractivity contribution in [3.63, 3.8) is 0 Å². The normalized spacial score (nSPS) is 13.7. The summed E-state index contributed by atoms with van der Waals surface area (Å²) in [6.45, 7) is 3.54. The maximum atomic E-state index is 13.9. The Balaban J connectivity index is 1.34. The van der Waals surface area contributed by atoms with E-state index in [0.29, 0.717) is 24.0 Å². The molecule has 0 fully saturated rings. The van der Waals surface area contributed by atoms with Gasteiger partial charge < -0.3 is 15.7 Å². The minimum absolute atomic E-state index is 0.00254. The zero-order valence-corrected chi connectivity index (χ0v) is 25.6. The van der Waals surface area contributed by atoms with Crippen molar-refractivity contribution >= 4 is 29.1 Å². The highest BCUT2D eigenvalue weighted by Crippen LogP contribution is 2.35. The number of hydrogen-bond donors (Lipinski definition) is 3. The van der Waals surface area contributed by atoms with Crippen LogP contribution in [0.4, 0.5) is 8.78 Å². The first-order chi connectivity index (χ1) is 22.5. The van der Waals surface area contributed by atoms with Gasteiger partial charge in [0.2, 0.25) is 0 Å². The lowest BCUT2D eigenvalue weighted by Crippen LogP contribution is -2.30. The van der Waals surface area contributed by atoms with Gasteiger partial charge in [-0.05, 0) is 90.4 Å². The molecule has 3 aromatic carbocycles. The molecule has 2 amide bonds. The van der Waals surface area contributed by atoms with Gasteiger partial charge in [0.05, 0.1) is 28.9 Å². The van der Waals surface area contributed by atoms with Gasteiger partial charge in [0, 0.05) is 18.5 Å². The number of halogens is 2. The number of carboxylic acids is 1. The second-order valence-electron chi connectivity index (χ2n) is 11.6. The number of aromatic carboxylic acids is 1. The highest BCUT2D eigenvalue weighted by Gasteiger charge is 2.29. The summed E-state index contributed by atoms with van der Waals surface area (Å²) < 4.78 is 28.5. The van der Waals surface area contributed by atoms with Crippen LogP contribution in [0.3, 0.4) is 0 Å². The number of Topliss-reactive ketones (excluding diaryl/α,β-unsaturated/α-hetero) is 1. The van der Waals surface area contributed by atoms with Gasteiger partial charge in [0.15, 0.2) is 17.4 Å². The Bertz CT molecular complexity index is 2110. The molecular weight excluding hydrogens is 606 g/mol. The van der Waals surface area contributed by atoms with Crippen molar-refractivity contribution in [1.29, 1.82) is 0 Å². The third-order valence-corrected chi connectivity index (χ3v) is 8.69.